The molecule has 0 amide bonds. The summed E-state index contributed by atoms with van der Waals surface area (Å²) in [7, 11) is 0. The van der Waals surface area contributed by atoms with Gasteiger partial charge >= 0.3 is 0 Å². The summed E-state index contributed by atoms with van der Waals surface area (Å²) < 4.78 is 0. The van der Waals surface area contributed by atoms with Gasteiger partial charge in [-0.3, -0.25) is 0 Å². The van der Waals surface area contributed by atoms with Gasteiger partial charge in [-0.1, -0.05) is 25.0 Å². The second-order valence-corrected chi connectivity index (χ2v) is 5.92. The molecule has 1 aromatic carbocycles. The van der Waals surface area contributed by atoms with Crippen molar-refractivity contribution in [2.24, 2.45) is 0 Å². The molecule has 0 aromatic heterocycles. The summed E-state index contributed by atoms with van der Waals surface area (Å²) in [4.78, 5) is 0. The molecule has 1 aliphatic rings. The highest BCUT2D eigenvalue weighted by Crippen LogP contribution is 2.28. The fraction of sp³-hybridized carbons (Fsp3) is 0.625. The van der Waals surface area contributed by atoms with Gasteiger partial charge in [0.25, 0.3) is 0 Å². The van der Waals surface area contributed by atoms with Crippen LogP contribution in [0.25, 0.3) is 0 Å². The first-order valence-corrected chi connectivity index (χ1v) is 7.31. The molecule has 0 bridgehead atoms. The van der Waals surface area contributed by atoms with Crippen LogP contribution in [-0.2, 0) is 6.42 Å². The van der Waals surface area contributed by atoms with Crippen LogP contribution in [0.15, 0.2) is 24.3 Å². The lowest BCUT2D eigenvalue weighted by Gasteiger charge is -2.25. The minimum Gasteiger partial charge on any atom is -0.508 e. The summed E-state index contributed by atoms with van der Waals surface area (Å²) in [6.45, 7) is 2.88. The predicted molar refractivity (Wildman–Crippen MR) is 77.3 cm³/mol. The van der Waals surface area contributed by atoms with Crippen molar-refractivity contribution in [3.05, 3.63) is 29.8 Å². The Morgan fingerprint density at radius 1 is 1.21 bits per heavy atom. The van der Waals surface area contributed by atoms with Crippen LogP contribution in [0, 0.1) is 0 Å². The van der Waals surface area contributed by atoms with Crippen molar-refractivity contribution in [2.45, 2.75) is 57.1 Å². The van der Waals surface area contributed by atoms with E-state index in [0.717, 1.165) is 38.5 Å². The molecule has 3 nitrogen and oxygen atoms in total. The van der Waals surface area contributed by atoms with Gasteiger partial charge in [0, 0.05) is 12.6 Å². The highest BCUT2D eigenvalue weighted by molar-refractivity contribution is 5.25. The predicted octanol–water partition coefficient (Wildman–Crippen LogP) is 2.61. The average molecular weight is 263 g/mol. The zero-order valence-electron chi connectivity index (χ0n) is 11.7. The lowest BCUT2D eigenvalue weighted by atomic mass is 10.0. The van der Waals surface area contributed by atoms with Crippen molar-refractivity contribution in [1.82, 2.24) is 5.32 Å². The second kappa shape index (κ2) is 6.40. The maximum atomic E-state index is 10.3. The normalized spacial score (nSPS) is 19.5. The Labute approximate surface area is 115 Å². The topological polar surface area (TPSA) is 52.5 Å². The third-order valence-electron chi connectivity index (χ3n) is 4.12. The van der Waals surface area contributed by atoms with E-state index in [-0.39, 0.29) is 0 Å². The average Bonchev–Trinajstić information content (AvgIpc) is 2.83. The van der Waals surface area contributed by atoms with Gasteiger partial charge in [-0.05, 0) is 50.3 Å². The van der Waals surface area contributed by atoms with E-state index in [1.165, 1.54) is 5.56 Å². The maximum Gasteiger partial charge on any atom is 0.115 e. The number of rotatable bonds is 6. The molecule has 2 rings (SSSR count). The summed E-state index contributed by atoms with van der Waals surface area (Å²) in [5.41, 5.74) is 0.776. The van der Waals surface area contributed by atoms with Crippen molar-refractivity contribution >= 4 is 0 Å². The minimum absolute atomic E-state index is 0.318. The second-order valence-electron chi connectivity index (χ2n) is 5.92. The number of phenolic OH excluding ortho intramolecular Hbond substituents is 1. The molecule has 19 heavy (non-hydrogen) atoms. The molecule has 0 aliphatic heterocycles. The van der Waals surface area contributed by atoms with Crippen LogP contribution < -0.4 is 5.32 Å². The molecular weight excluding hydrogens is 238 g/mol. The van der Waals surface area contributed by atoms with Crippen LogP contribution in [0.5, 0.6) is 5.75 Å². The smallest absolute Gasteiger partial charge is 0.115 e. The molecule has 1 aliphatic carbocycles. The van der Waals surface area contributed by atoms with Gasteiger partial charge in [-0.25, -0.2) is 0 Å². The summed E-state index contributed by atoms with van der Waals surface area (Å²) in [5.74, 6) is 0.318. The molecule has 1 aromatic rings. The number of hydrogen-bond acceptors (Lipinski definition) is 3. The highest BCUT2D eigenvalue weighted by Gasteiger charge is 2.30. The summed E-state index contributed by atoms with van der Waals surface area (Å²) in [6.07, 6.45) is 6.21. The van der Waals surface area contributed by atoms with Crippen molar-refractivity contribution in [3.8, 4) is 5.75 Å². The van der Waals surface area contributed by atoms with Crippen LogP contribution >= 0.6 is 0 Å². The minimum atomic E-state index is -0.465. The van der Waals surface area contributed by atoms with E-state index in [1.807, 2.05) is 12.1 Å². The van der Waals surface area contributed by atoms with Gasteiger partial charge in [0.15, 0.2) is 0 Å². The van der Waals surface area contributed by atoms with Crippen LogP contribution in [0.1, 0.15) is 44.6 Å². The number of aryl methyl sites for hydroxylation is 1. The van der Waals surface area contributed by atoms with E-state index in [4.69, 9.17) is 0 Å². The van der Waals surface area contributed by atoms with E-state index in [9.17, 15) is 10.2 Å². The van der Waals surface area contributed by atoms with E-state index < -0.39 is 5.60 Å². The molecule has 0 heterocycles. The Hall–Kier alpha value is -1.06. The van der Waals surface area contributed by atoms with Gasteiger partial charge < -0.3 is 15.5 Å². The molecule has 3 N–H and O–H groups in total. The molecule has 3 heteroatoms. The molecule has 0 saturated heterocycles. The van der Waals surface area contributed by atoms with Gasteiger partial charge in [0.1, 0.15) is 5.75 Å². The number of benzene rings is 1. The number of aliphatic hydroxyl groups is 1. The lowest BCUT2D eigenvalue weighted by Crippen LogP contribution is -2.41. The van der Waals surface area contributed by atoms with Crippen molar-refractivity contribution in [1.29, 1.82) is 0 Å². The molecule has 1 fully saturated rings. The molecule has 106 valence electrons. The van der Waals surface area contributed by atoms with Crippen LogP contribution in [0.2, 0.25) is 0 Å². The number of nitrogens with one attached hydrogen (secondary N) is 1. The molecule has 1 saturated carbocycles. The maximum absolute atomic E-state index is 10.3. The Balaban J connectivity index is 1.69. The fourth-order valence-electron chi connectivity index (χ4n) is 2.72. The number of phenols is 1. The first kappa shape index (κ1) is 14.4. The Bertz CT molecular complexity index is 382. The van der Waals surface area contributed by atoms with Gasteiger partial charge in [0.2, 0.25) is 0 Å². The van der Waals surface area contributed by atoms with Crippen molar-refractivity contribution < 1.29 is 10.2 Å². The SMILES string of the molecule is CC(CCc1ccc(O)cc1)NCC1(O)CCCC1. The van der Waals surface area contributed by atoms with Gasteiger partial charge in [0.05, 0.1) is 5.60 Å². The van der Waals surface area contributed by atoms with E-state index in [0.29, 0.717) is 18.3 Å². The van der Waals surface area contributed by atoms with Crippen molar-refractivity contribution in [3.63, 3.8) is 0 Å². The first-order valence-electron chi connectivity index (χ1n) is 7.31. The van der Waals surface area contributed by atoms with Crippen molar-refractivity contribution in [2.75, 3.05) is 6.54 Å². The standard InChI is InChI=1S/C16H25NO2/c1-13(17-12-16(19)10-2-3-11-16)4-5-14-6-8-15(18)9-7-14/h6-9,13,17-19H,2-5,10-12H2,1H3. The Morgan fingerprint density at radius 2 is 1.84 bits per heavy atom. The number of aromatic hydroxyl groups is 1. The molecule has 1 unspecified atom stereocenters. The largest absolute Gasteiger partial charge is 0.508 e. The third kappa shape index (κ3) is 4.51. The molecule has 0 radical (unpaired) electrons. The molecule has 0 spiro atoms. The van der Waals surface area contributed by atoms with E-state index >= 15 is 0 Å². The molecule has 1 atom stereocenters. The lowest BCUT2D eigenvalue weighted by molar-refractivity contribution is 0.0451. The zero-order valence-corrected chi connectivity index (χ0v) is 11.7. The van der Waals surface area contributed by atoms with Crippen LogP contribution in [0.4, 0.5) is 0 Å². The van der Waals surface area contributed by atoms with E-state index in [1.54, 1.807) is 12.1 Å². The first-order chi connectivity index (χ1) is 9.07. The third-order valence-corrected chi connectivity index (χ3v) is 4.12. The fourth-order valence-corrected chi connectivity index (χ4v) is 2.72. The Morgan fingerprint density at radius 3 is 2.47 bits per heavy atom. The summed E-state index contributed by atoms with van der Waals surface area (Å²) >= 11 is 0. The van der Waals surface area contributed by atoms with Crippen LogP contribution in [0.3, 0.4) is 0 Å². The summed E-state index contributed by atoms with van der Waals surface area (Å²) in [6, 6.07) is 7.79. The monoisotopic (exact) mass is 263 g/mol. The Kier molecular flexibility index (Phi) is 4.83. The van der Waals surface area contributed by atoms with Gasteiger partial charge in [-0.15, -0.1) is 0 Å². The van der Waals surface area contributed by atoms with Gasteiger partial charge in [-0.2, -0.15) is 0 Å². The zero-order chi connectivity index (χ0) is 13.7. The quantitative estimate of drug-likeness (QED) is 0.739. The highest BCUT2D eigenvalue weighted by atomic mass is 16.3. The van der Waals surface area contributed by atoms with E-state index in [2.05, 4.69) is 12.2 Å². The molecular formula is C16H25NO2. The summed E-state index contributed by atoms with van der Waals surface area (Å²) in [5, 5.41) is 22.9. The van der Waals surface area contributed by atoms with Crippen LogP contribution in [-0.4, -0.2) is 28.4 Å². The number of hydrogen-bond donors (Lipinski definition) is 3.